The molecule has 5 nitrogen and oxygen atoms in total. The van der Waals surface area contributed by atoms with Crippen LogP contribution in [0, 0.1) is 0 Å². The molecule has 1 saturated carbocycles. The predicted octanol–water partition coefficient (Wildman–Crippen LogP) is 2.26. The Bertz CT molecular complexity index is 428. The number of nitrogens with zero attached hydrogens (tertiary/aromatic N) is 2. The highest BCUT2D eigenvalue weighted by Gasteiger charge is 2.24. The summed E-state index contributed by atoms with van der Waals surface area (Å²) in [6.07, 6.45) is 9.74. The van der Waals surface area contributed by atoms with Gasteiger partial charge in [0.1, 0.15) is 5.82 Å². The van der Waals surface area contributed by atoms with Crippen LogP contribution in [0.4, 0.5) is 5.82 Å². The van der Waals surface area contributed by atoms with E-state index in [1.165, 1.54) is 25.5 Å². The van der Waals surface area contributed by atoms with E-state index in [4.69, 9.17) is 5.11 Å². The molecule has 1 aromatic heterocycles. The topological polar surface area (TPSA) is 75.1 Å². The number of hydrogen-bond acceptors (Lipinski definition) is 5. The van der Waals surface area contributed by atoms with Crippen LogP contribution in [0.3, 0.4) is 0 Å². The van der Waals surface area contributed by atoms with E-state index in [0.717, 1.165) is 6.42 Å². The molecule has 18 heavy (non-hydrogen) atoms. The summed E-state index contributed by atoms with van der Waals surface area (Å²) >= 11 is 1.86. The Morgan fingerprint density at radius 2 is 2.22 bits per heavy atom. The minimum atomic E-state index is -1.05. The molecule has 1 aliphatic rings. The minimum Gasteiger partial charge on any atom is -0.476 e. The van der Waals surface area contributed by atoms with Gasteiger partial charge in [-0.3, -0.25) is 4.98 Å². The van der Waals surface area contributed by atoms with Crippen LogP contribution < -0.4 is 5.32 Å². The van der Waals surface area contributed by atoms with E-state index >= 15 is 0 Å². The second-order valence-electron chi connectivity index (χ2n) is 4.40. The summed E-state index contributed by atoms with van der Waals surface area (Å²) < 4.78 is 0. The Hall–Kier alpha value is -1.30. The van der Waals surface area contributed by atoms with Crippen LogP contribution in [-0.4, -0.2) is 38.6 Å². The lowest BCUT2D eigenvalue weighted by Gasteiger charge is -2.31. The van der Waals surface area contributed by atoms with E-state index in [0.29, 0.717) is 17.1 Å². The van der Waals surface area contributed by atoms with Crippen molar-refractivity contribution in [2.45, 2.75) is 37.0 Å². The van der Waals surface area contributed by atoms with Crippen LogP contribution in [0.2, 0.25) is 0 Å². The van der Waals surface area contributed by atoms with E-state index in [2.05, 4.69) is 21.5 Å². The van der Waals surface area contributed by atoms with Crippen LogP contribution in [0.25, 0.3) is 0 Å². The van der Waals surface area contributed by atoms with Crippen molar-refractivity contribution in [3.63, 3.8) is 0 Å². The fourth-order valence-corrected chi connectivity index (χ4v) is 3.21. The van der Waals surface area contributed by atoms with Crippen molar-refractivity contribution in [1.82, 2.24) is 9.97 Å². The van der Waals surface area contributed by atoms with Crippen molar-refractivity contribution < 1.29 is 9.90 Å². The molecule has 0 bridgehead atoms. The molecular formula is C12H17N3O2S. The number of aromatic carboxylic acids is 1. The fraction of sp³-hybridized carbons (Fsp3) is 0.583. The van der Waals surface area contributed by atoms with Gasteiger partial charge in [0.2, 0.25) is 0 Å². The van der Waals surface area contributed by atoms with E-state index in [-0.39, 0.29) is 5.69 Å². The third-order valence-electron chi connectivity index (χ3n) is 3.19. The monoisotopic (exact) mass is 267 g/mol. The van der Waals surface area contributed by atoms with E-state index in [1.807, 2.05) is 11.8 Å². The zero-order valence-electron chi connectivity index (χ0n) is 10.3. The number of carboxylic acid groups (broad SMARTS) is 1. The predicted molar refractivity (Wildman–Crippen MR) is 72.2 cm³/mol. The van der Waals surface area contributed by atoms with E-state index in [1.54, 1.807) is 6.20 Å². The summed E-state index contributed by atoms with van der Waals surface area (Å²) in [4.78, 5) is 18.8. The molecule has 0 spiro atoms. The van der Waals surface area contributed by atoms with Crippen molar-refractivity contribution in [2.24, 2.45) is 0 Å². The highest BCUT2D eigenvalue weighted by Crippen LogP contribution is 2.29. The maximum Gasteiger partial charge on any atom is 0.356 e. The summed E-state index contributed by atoms with van der Waals surface area (Å²) in [6.45, 7) is 0. The van der Waals surface area contributed by atoms with Crippen molar-refractivity contribution in [3.05, 3.63) is 18.1 Å². The first-order valence-corrected chi connectivity index (χ1v) is 7.34. The average molecular weight is 267 g/mol. The van der Waals surface area contributed by atoms with Gasteiger partial charge < -0.3 is 10.4 Å². The van der Waals surface area contributed by atoms with Gasteiger partial charge in [0, 0.05) is 11.3 Å². The lowest BCUT2D eigenvalue weighted by atomic mass is 9.95. The van der Waals surface area contributed by atoms with E-state index in [9.17, 15) is 4.79 Å². The molecule has 1 fully saturated rings. The maximum absolute atomic E-state index is 10.8. The summed E-state index contributed by atoms with van der Waals surface area (Å²) in [5.74, 6) is -0.489. The Balaban J connectivity index is 2.07. The molecule has 98 valence electrons. The molecule has 1 heterocycles. The molecular weight excluding hydrogens is 250 g/mol. The second-order valence-corrected chi connectivity index (χ2v) is 5.48. The molecule has 0 aromatic carbocycles. The van der Waals surface area contributed by atoms with Crippen LogP contribution in [0.15, 0.2) is 12.4 Å². The molecule has 6 heteroatoms. The Morgan fingerprint density at radius 3 is 2.94 bits per heavy atom. The largest absolute Gasteiger partial charge is 0.476 e. The summed E-state index contributed by atoms with van der Waals surface area (Å²) in [6, 6.07) is 0.354. The van der Waals surface area contributed by atoms with Crippen LogP contribution in [0.5, 0.6) is 0 Å². The van der Waals surface area contributed by atoms with Crippen LogP contribution >= 0.6 is 11.8 Å². The van der Waals surface area contributed by atoms with Gasteiger partial charge in [0.05, 0.1) is 12.4 Å². The number of thioether (sulfide) groups is 1. The quantitative estimate of drug-likeness (QED) is 0.871. The fourth-order valence-electron chi connectivity index (χ4n) is 2.27. The molecule has 0 aliphatic heterocycles. The summed E-state index contributed by atoms with van der Waals surface area (Å²) in [7, 11) is 0. The summed E-state index contributed by atoms with van der Waals surface area (Å²) in [5, 5.41) is 12.8. The van der Waals surface area contributed by atoms with Gasteiger partial charge in [-0.05, 0) is 19.1 Å². The Kier molecular flexibility index (Phi) is 4.41. The van der Waals surface area contributed by atoms with Crippen molar-refractivity contribution in [1.29, 1.82) is 0 Å². The lowest BCUT2D eigenvalue weighted by Crippen LogP contribution is -2.34. The second kappa shape index (κ2) is 6.04. The van der Waals surface area contributed by atoms with Crippen LogP contribution in [0.1, 0.15) is 36.2 Å². The number of rotatable bonds is 4. The molecule has 0 amide bonds. The summed E-state index contributed by atoms with van der Waals surface area (Å²) in [5.41, 5.74) is -0.0171. The van der Waals surface area contributed by atoms with Gasteiger partial charge in [0.25, 0.3) is 0 Å². The molecule has 0 saturated heterocycles. The third-order valence-corrected chi connectivity index (χ3v) is 4.36. The number of carboxylic acids is 1. The Labute approximate surface area is 110 Å². The van der Waals surface area contributed by atoms with Crippen LogP contribution in [-0.2, 0) is 0 Å². The zero-order valence-corrected chi connectivity index (χ0v) is 11.1. The van der Waals surface area contributed by atoms with Gasteiger partial charge in [-0.25, -0.2) is 9.78 Å². The number of nitrogens with one attached hydrogen (secondary N) is 1. The number of aromatic nitrogens is 2. The normalized spacial score (nSPS) is 23.6. The van der Waals surface area contributed by atoms with E-state index < -0.39 is 5.97 Å². The zero-order chi connectivity index (χ0) is 13.0. The molecule has 2 unspecified atom stereocenters. The van der Waals surface area contributed by atoms with Gasteiger partial charge in [-0.15, -0.1) is 0 Å². The highest BCUT2D eigenvalue weighted by molar-refractivity contribution is 7.99. The van der Waals surface area contributed by atoms with Crippen molar-refractivity contribution >= 4 is 23.5 Å². The highest BCUT2D eigenvalue weighted by atomic mass is 32.2. The maximum atomic E-state index is 10.8. The van der Waals surface area contributed by atoms with Gasteiger partial charge in [0.15, 0.2) is 5.69 Å². The molecule has 1 aliphatic carbocycles. The lowest BCUT2D eigenvalue weighted by molar-refractivity contribution is 0.0690. The number of anilines is 1. The molecule has 0 radical (unpaired) electrons. The van der Waals surface area contributed by atoms with Crippen molar-refractivity contribution in [3.8, 4) is 0 Å². The SMILES string of the molecule is CSC1CCCCC1Nc1cncc(C(=O)O)n1. The first kappa shape index (κ1) is 13.1. The standard InChI is InChI=1S/C12H17N3O2S/c1-18-10-5-3-2-4-8(10)14-11-7-13-6-9(15-11)12(16)17/h6-8,10H,2-5H2,1H3,(H,14,15)(H,16,17). The first-order chi connectivity index (χ1) is 8.70. The van der Waals surface area contributed by atoms with Gasteiger partial charge >= 0.3 is 5.97 Å². The van der Waals surface area contributed by atoms with Crippen molar-refractivity contribution in [2.75, 3.05) is 11.6 Å². The minimum absolute atomic E-state index is 0.0171. The van der Waals surface area contributed by atoms with Gasteiger partial charge in [-0.1, -0.05) is 12.8 Å². The third kappa shape index (κ3) is 3.13. The number of carbonyl (C=O) groups is 1. The van der Waals surface area contributed by atoms with Gasteiger partial charge in [-0.2, -0.15) is 11.8 Å². The average Bonchev–Trinajstić information content (AvgIpc) is 2.39. The Morgan fingerprint density at radius 1 is 1.44 bits per heavy atom. The molecule has 1 aromatic rings. The molecule has 2 rings (SSSR count). The smallest absolute Gasteiger partial charge is 0.356 e. The molecule has 2 N–H and O–H groups in total. The number of hydrogen-bond donors (Lipinski definition) is 2. The molecule has 2 atom stereocenters. The first-order valence-electron chi connectivity index (χ1n) is 6.05.